The highest BCUT2D eigenvalue weighted by Gasteiger charge is 2.19. The molecular weight excluding hydrogens is 258 g/mol. The number of nitrogens with one attached hydrogen (secondary N) is 1. The number of ether oxygens (including phenoxy) is 1. The maximum Gasteiger partial charge on any atom is 0.158 e. The molecule has 4 nitrogen and oxygen atoms in total. The third kappa shape index (κ3) is 2.32. The third-order valence-corrected chi connectivity index (χ3v) is 4.91. The van der Waals surface area contributed by atoms with E-state index in [9.17, 15) is 0 Å². The number of fused-ring (bicyclic) bond motifs is 1. The number of hydrogen-bond acceptors (Lipinski definition) is 5. The van der Waals surface area contributed by atoms with Crippen LogP contribution in [0.25, 0.3) is 10.2 Å². The Morgan fingerprint density at radius 3 is 2.74 bits per heavy atom. The molecular formula is C14H19N3OS. The van der Waals surface area contributed by atoms with Gasteiger partial charge in [-0.15, -0.1) is 11.3 Å². The van der Waals surface area contributed by atoms with Gasteiger partial charge in [-0.2, -0.15) is 0 Å². The van der Waals surface area contributed by atoms with Crippen LogP contribution in [-0.4, -0.2) is 23.1 Å². The zero-order valence-electron chi connectivity index (χ0n) is 11.6. The summed E-state index contributed by atoms with van der Waals surface area (Å²) in [6.45, 7) is 4.78. The van der Waals surface area contributed by atoms with E-state index in [1.165, 1.54) is 29.7 Å². The van der Waals surface area contributed by atoms with Gasteiger partial charge >= 0.3 is 0 Å². The Bertz CT molecular complexity index is 604. The zero-order chi connectivity index (χ0) is 13.4. The highest BCUT2D eigenvalue weighted by atomic mass is 32.1. The maximum absolute atomic E-state index is 5.80. The Morgan fingerprint density at radius 2 is 2.11 bits per heavy atom. The fraction of sp³-hybridized carbons (Fsp3) is 0.571. The van der Waals surface area contributed by atoms with Crippen molar-refractivity contribution in [1.82, 2.24) is 9.97 Å². The van der Waals surface area contributed by atoms with Gasteiger partial charge in [-0.3, -0.25) is 0 Å². The number of anilines is 1. The summed E-state index contributed by atoms with van der Waals surface area (Å²) in [5.41, 5.74) is 1.27. The first-order valence-corrected chi connectivity index (χ1v) is 7.56. The van der Waals surface area contributed by atoms with Crippen LogP contribution >= 0.6 is 11.3 Å². The Hall–Kier alpha value is -1.20. The van der Waals surface area contributed by atoms with Crippen LogP contribution in [0.5, 0.6) is 0 Å². The topological polar surface area (TPSA) is 47.0 Å². The smallest absolute Gasteiger partial charge is 0.158 e. The van der Waals surface area contributed by atoms with Gasteiger partial charge in [0.1, 0.15) is 17.3 Å². The number of aromatic nitrogens is 2. The van der Waals surface area contributed by atoms with E-state index in [2.05, 4.69) is 29.1 Å². The molecule has 1 N–H and O–H groups in total. The largest absolute Gasteiger partial charge is 0.372 e. The summed E-state index contributed by atoms with van der Waals surface area (Å²) in [6.07, 6.45) is 4.07. The monoisotopic (exact) mass is 277 g/mol. The molecule has 2 aromatic rings. The molecule has 1 fully saturated rings. The van der Waals surface area contributed by atoms with Gasteiger partial charge < -0.3 is 10.1 Å². The van der Waals surface area contributed by atoms with E-state index in [0.717, 1.165) is 21.9 Å². The number of hydrogen-bond donors (Lipinski definition) is 1. The molecule has 3 rings (SSSR count). The minimum absolute atomic E-state index is 0.421. The SMILES string of the molecule is CNc1nc(COC2CCC2)nc2sc(C)c(C)c12. The number of thiophene rings is 1. The zero-order valence-corrected chi connectivity index (χ0v) is 12.4. The molecule has 1 aliphatic carbocycles. The molecule has 0 aliphatic heterocycles. The first-order chi connectivity index (χ1) is 9.19. The predicted octanol–water partition coefficient (Wildman–Crippen LogP) is 3.42. The molecule has 0 saturated heterocycles. The Labute approximate surface area is 117 Å². The molecule has 0 unspecified atom stereocenters. The summed E-state index contributed by atoms with van der Waals surface area (Å²) in [6, 6.07) is 0. The lowest BCUT2D eigenvalue weighted by Crippen LogP contribution is -2.21. The fourth-order valence-electron chi connectivity index (χ4n) is 2.27. The van der Waals surface area contributed by atoms with Gasteiger partial charge in [-0.05, 0) is 38.7 Å². The quantitative estimate of drug-likeness (QED) is 0.930. The Morgan fingerprint density at radius 1 is 1.32 bits per heavy atom. The van der Waals surface area contributed by atoms with Crippen molar-refractivity contribution in [3.63, 3.8) is 0 Å². The third-order valence-electron chi connectivity index (χ3n) is 3.81. The van der Waals surface area contributed by atoms with Gasteiger partial charge in [0.15, 0.2) is 5.82 Å². The van der Waals surface area contributed by atoms with Crippen molar-refractivity contribution >= 4 is 27.4 Å². The van der Waals surface area contributed by atoms with Crippen LogP contribution in [0.3, 0.4) is 0 Å². The lowest BCUT2D eigenvalue weighted by molar-refractivity contribution is -0.0115. The standard InChI is InChI=1S/C14H19N3OS/c1-8-9(2)19-14-12(8)13(15-3)16-11(17-14)7-18-10-5-4-6-10/h10H,4-7H2,1-3H3,(H,15,16,17). The van der Waals surface area contributed by atoms with Gasteiger partial charge in [0.25, 0.3) is 0 Å². The van der Waals surface area contributed by atoms with Crippen molar-refractivity contribution < 1.29 is 4.74 Å². The molecule has 0 atom stereocenters. The van der Waals surface area contributed by atoms with E-state index < -0.39 is 0 Å². The number of nitrogens with zero attached hydrogens (tertiary/aromatic N) is 2. The minimum Gasteiger partial charge on any atom is -0.372 e. The van der Waals surface area contributed by atoms with Crippen LogP contribution in [0.1, 0.15) is 35.5 Å². The molecule has 0 spiro atoms. The molecule has 0 bridgehead atoms. The van der Waals surface area contributed by atoms with Crippen LogP contribution in [0.2, 0.25) is 0 Å². The van der Waals surface area contributed by atoms with Gasteiger partial charge in [0.2, 0.25) is 0 Å². The van der Waals surface area contributed by atoms with E-state index >= 15 is 0 Å². The second-order valence-corrected chi connectivity index (χ2v) is 6.27. The lowest BCUT2D eigenvalue weighted by atomic mass is 9.96. The number of aryl methyl sites for hydroxylation is 2. The second kappa shape index (κ2) is 5.06. The fourth-order valence-corrected chi connectivity index (χ4v) is 3.32. The highest BCUT2D eigenvalue weighted by Crippen LogP contribution is 2.33. The van der Waals surface area contributed by atoms with Crippen LogP contribution < -0.4 is 5.32 Å². The first-order valence-electron chi connectivity index (χ1n) is 6.75. The van der Waals surface area contributed by atoms with Crippen LogP contribution in [0.4, 0.5) is 5.82 Å². The van der Waals surface area contributed by atoms with E-state index in [1.807, 2.05) is 7.05 Å². The van der Waals surface area contributed by atoms with E-state index in [1.54, 1.807) is 11.3 Å². The molecule has 2 heterocycles. The maximum atomic E-state index is 5.80. The van der Waals surface area contributed by atoms with Gasteiger partial charge in [0, 0.05) is 11.9 Å². The normalized spacial score (nSPS) is 15.7. The molecule has 5 heteroatoms. The molecule has 1 aliphatic rings. The summed E-state index contributed by atoms with van der Waals surface area (Å²) in [4.78, 5) is 11.6. The summed E-state index contributed by atoms with van der Waals surface area (Å²) in [5.74, 6) is 1.70. The van der Waals surface area contributed by atoms with Crippen molar-refractivity contribution in [2.24, 2.45) is 0 Å². The first kappa shape index (κ1) is 12.8. The van der Waals surface area contributed by atoms with E-state index in [-0.39, 0.29) is 0 Å². The molecule has 0 aromatic carbocycles. The van der Waals surface area contributed by atoms with Crippen LogP contribution in [0.15, 0.2) is 0 Å². The molecule has 102 valence electrons. The van der Waals surface area contributed by atoms with Crippen molar-refractivity contribution in [3.05, 3.63) is 16.3 Å². The predicted molar refractivity (Wildman–Crippen MR) is 78.9 cm³/mol. The summed E-state index contributed by atoms with van der Waals surface area (Å²) in [7, 11) is 1.91. The van der Waals surface area contributed by atoms with Crippen molar-refractivity contribution in [2.45, 2.75) is 45.8 Å². The minimum atomic E-state index is 0.421. The number of rotatable bonds is 4. The van der Waals surface area contributed by atoms with Crippen LogP contribution in [-0.2, 0) is 11.3 Å². The summed E-state index contributed by atoms with van der Waals surface area (Å²) >= 11 is 1.73. The average molecular weight is 277 g/mol. The average Bonchev–Trinajstić information content (AvgIpc) is 2.62. The molecule has 0 amide bonds. The van der Waals surface area contributed by atoms with E-state index in [0.29, 0.717) is 12.7 Å². The van der Waals surface area contributed by atoms with Gasteiger partial charge in [-0.1, -0.05) is 0 Å². The lowest BCUT2D eigenvalue weighted by Gasteiger charge is -2.25. The molecule has 0 radical (unpaired) electrons. The van der Waals surface area contributed by atoms with Gasteiger partial charge in [-0.25, -0.2) is 9.97 Å². The molecule has 19 heavy (non-hydrogen) atoms. The van der Waals surface area contributed by atoms with Crippen LogP contribution in [0, 0.1) is 13.8 Å². The van der Waals surface area contributed by atoms with Gasteiger partial charge in [0.05, 0.1) is 11.5 Å². The Balaban J connectivity index is 1.92. The highest BCUT2D eigenvalue weighted by molar-refractivity contribution is 7.18. The van der Waals surface area contributed by atoms with Crippen molar-refractivity contribution in [2.75, 3.05) is 12.4 Å². The van der Waals surface area contributed by atoms with E-state index in [4.69, 9.17) is 4.74 Å². The summed E-state index contributed by atoms with van der Waals surface area (Å²) in [5, 5.41) is 4.33. The molecule has 2 aromatic heterocycles. The molecule has 1 saturated carbocycles. The van der Waals surface area contributed by atoms with Crippen molar-refractivity contribution in [1.29, 1.82) is 0 Å². The van der Waals surface area contributed by atoms with Crippen molar-refractivity contribution in [3.8, 4) is 0 Å². The second-order valence-electron chi connectivity index (χ2n) is 5.07. The Kier molecular flexibility index (Phi) is 3.41. The summed E-state index contributed by atoms with van der Waals surface area (Å²) < 4.78 is 5.80.